The maximum atomic E-state index is 5.58. The summed E-state index contributed by atoms with van der Waals surface area (Å²) in [6, 6.07) is 4.17. The molecule has 0 unspecified atom stereocenters. The number of hydrogen-bond acceptors (Lipinski definition) is 4. The van der Waals surface area contributed by atoms with Gasteiger partial charge in [0.2, 0.25) is 0 Å². The van der Waals surface area contributed by atoms with Gasteiger partial charge >= 0.3 is 0 Å². The Kier molecular flexibility index (Phi) is 3.45. The zero-order chi connectivity index (χ0) is 12.4. The highest BCUT2D eigenvalue weighted by Crippen LogP contribution is 2.34. The molecule has 17 heavy (non-hydrogen) atoms. The molecule has 0 saturated carbocycles. The Balaban J connectivity index is 2.53. The van der Waals surface area contributed by atoms with Gasteiger partial charge in [0, 0.05) is 11.9 Å². The van der Waals surface area contributed by atoms with Crippen LogP contribution in [-0.4, -0.2) is 12.1 Å². The highest BCUT2D eigenvalue weighted by atomic mass is 32.1. The zero-order valence-corrected chi connectivity index (χ0v) is 11.1. The Hall–Kier alpha value is -1.39. The molecule has 2 rings (SSSR count). The summed E-state index contributed by atoms with van der Waals surface area (Å²) in [7, 11) is 1.69. The Labute approximate surface area is 105 Å². The molecule has 0 radical (unpaired) electrons. The third-order valence-electron chi connectivity index (χ3n) is 2.81. The lowest BCUT2D eigenvalue weighted by Crippen LogP contribution is -1.96. The number of aryl methyl sites for hydroxylation is 2. The lowest BCUT2D eigenvalue weighted by molar-refractivity contribution is 0.416. The summed E-state index contributed by atoms with van der Waals surface area (Å²) < 4.78 is 5.41. The van der Waals surface area contributed by atoms with Crippen molar-refractivity contribution in [3.05, 3.63) is 34.3 Å². The Morgan fingerprint density at radius 2 is 2.00 bits per heavy atom. The maximum absolute atomic E-state index is 5.58. The summed E-state index contributed by atoms with van der Waals surface area (Å²) in [6.45, 7) is 4.65. The summed E-state index contributed by atoms with van der Waals surface area (Å²) in [5.74, 6) is 0.867. The minimum Gasteiger partial charge on any atom is -0.496 e. The fraction of sp³-hybridized carbons (Fsp3) is 0.308. The van der Waals surface area contributed by atoms with E-state index in [-0.39, 0.29) is 0 Å². The van der Waals surface area contributed by atoms with Gasteiger partial charge in [0.05, 0.1) is 18.4 Å². The normalized spacial score (nSPS) is 10.6. The summed E-state index contributed by atoms with van der Waals surface area (Å²) in [4.78, 5) is 4.49. The second-order valence-electron chi connectivity index (χ2n) is 3.98. The van der Waals surface area contributed by atoms with Crippen molar-refractivity contribution in [2.45, 2.75) is 20.4 Å². The van der Waals surface area contributed by atoms with E-state index >= 15 is 0 Å². The minimum absolute atomic E-state index is 0.476. The molecule has 0 aliphatic heterocycles. The summed E-state index contributed by atoms with van der Waals surface area (Å²) in [6.07, 6.45) is 0. The van der Waals surface area contributed by atoms with Gasteiger partial charge in [-0.1, -0.05) is 0 Å². The van der Waals surface area contributed by atoms with E-state index < -0.39 is 0 Å². The van der Waals surface area contributed by atoms with Crippen molar-refractivity contribution in [2.24, 2.45) is 5.73 Å². The van der Waals surface area contributed by atoms with E-state index in [2.05, 4.69) is 24.9 Å². The monoisotopic (exact) mass is 248 g/mol. The van der Waals surface area contributed by atoms with Gasteiger partial charge in [0.1, 0.15) is 10.8 Å². The first-order chi connectivity index (χ1) is 8.15. The first-order valence-corrected chi connectivity index (χ1v) is 6.33. The van der Waals surface area contributed by atoms with E-state index in [1.165, 1.54) is 11.1 Å². The van der Waals surface area contributed by atoms with Crippen molar-refractivity contribution in [2.75, 3.05) is 7.11 Å². The van der Waals surface area contributed by atoms with Crippen LogP contribution in [0.2, 0.25) is 0 Å². The Morgan fingerprint density at radius 3 is 2.59 bits per heavy atom. The van der Waals surface area contributed by atoms with Crippen LogP contribution < -0.4 is 10.5 Å². The van der Waals surface area contributed by atoms with Crippen LogP contribution in [0.1, 0.15) is 16.8 Å². The molecular weight excluding hydrogens is 232 g/mol. The molecule has 0 saturated heterocycles. The SMILES string of the molecule is COc1cc(C)c(C)cc1-c1nc(CN)cs1. The van der Waals surface area contributed by atoms with Crippen molar-refractivity contribution < 1.29 is 4.74 Å². The van der Waals surface area contributed by atoms with E-state index in [1.807, 2.05) is 11.4 Å². The van der Waals surface area contributed by atoms with Crippen LogP contribution in [-0.2, 0) is 6.54 Å². The Morgan fingerprint density at radius 1 is 1.29 bits per heavy atom. The number of methoxy groups -OCH3 is 1. The molecule has 0 bridgehead atoms. The van der Waals surface area contributed by atoms with Crippen LogP contribution in [0.5, 0.6) is 5.75 Å². The van der Waals surface area contributed by atoms with Gasteiger partial charge in [-0.3, -0.25) is 0 Å². The Bertz CT molecular complexity index is 534. The number of nitrogens with zero attached hydrogens (tertiary/aromatic N) is 1. The minimum atomic E-state index is 0.476. The highest BCUT2D eigenvalue weighted by Gasteiger charge is 2.11. The van der Waals surface area contributed by atoms with Crippen molar-refractivity contribution in [3.8, 4) is 16.3 Å². The largest absolute Gasteiger partial charge is 0.496 e. The average Bonchev–Trinajstić information content (AvgIpc) is 2.80. The quantitative estimate of drug-likeness (QED) is 0.908. The second-order valence-corrected chi connectivity index (χ2v) is 4.84. The van der Waals surface area contributed by atoms with E-state index in [0.29, 0.717) is 6.54 Å². The van der Waals surface area contributed by atoms with Crippen molar-refractivity contribution in [1.29, 1.82) is 0 Å². The van der Waals surface area contributed by atoms with E-state index in [9.17, 15) is 0 Å². The number of rotatable bonds is 3. The first kappa shape index (κ1) is 12.1. The van der Waals surface area contributed by atoms with Crippen LogP contribution in [0.15, 0.2) is 17.5 Å². The van der Waals surface area contributed by atoms with Crippen molar-refractivity contribution in [3.63, 3.8) is 0 Å². The molecule has 0 amide bonds. The molecule has 0 atom stereocenters. The fourth-order valence-corrected chi connectivity index (χ4v) is 2.50. The standard InChI is InChI=1S/C13H16N2OS/c1-8-4-11(12(16-3)5-9(8)2)13-15-10(6-14)7-17-13/h4-5,7H,6,14H2,1-3H3. The van der Waals surface area contributed by atoms with Crippen LogP contribution in [0.3, 0.4) is 0 Å². The van der Waals surface area contributed by atoms with Gasteiger partial charge in [-0.05, 0) is 37.1 Å². The molecule has 0 aliphatic carbocycles. The van der Waals surface area contributed by atoms with Crippen LogP contribution >= 0.6 is 11.3 Å². The topological polar surface area (TPSA) is 48.1 Å². The molecule has 90 valence electrons. The smallest absolute Gasteiger partial charge is 0.129 e. The number of thiazole rings is 1. The first-order valence-electron chi connectivity index (χ1n) is 5.45. The fourth-order valence-electron chi connectivity index (χ4n) is 1.65. The van der Waals surface area contributed by atoms with Crippen LogP contribution in [0.4, 0.5) is 0 Å². The summed E-state index contributed by atoms with van der Waals surface area (Å²) in [5.41, 5.74) is 10.0. The molecule has 0 spiro atoms. The molecule has 4 heteroatoms. The second kappa shape index (κ2) is 4.85. The molecule has 2 aromatic rings. The number of benzene rings is 1. The maximum Gasteiger partial charge on any atom is 0.129 e. The van der Waals surface area contributed by atoms with Crippen LogP contribution in [0, 0.1) is 13.8 Å². The van der Waals surface area contributed by atoms with Crippen molar-refractivity contribution in [1.82, 2.24) is 4.98 Å². The number of hydrogen-bond donors (Lipinski definition) is 1. The number of ether oxygens (including phenoxy) is 1. The zero-order valence-electron chi connectivity index (χ0n) is 10.3. The summed E-state index contributed by atoms with van der Waals surface area (Å²) >= 11 is 1.60. The molecule has 1 heterocycles. The molecular formula is C13H16N2OS. The average molecular weight is 248 g/mol. The van der Waals surface area contributed by atoms with Gasteiger partial charge in [0.15, 0.2) is 0 Å². The van der Waals surface area contributed by atoms with Crippen molar-refractivity contribution >= 4 is 11.3 Å². The third kappa shape index (κ3) is 2.33. The molecule has 1 aromatic heterocycles. The molecule has 0 aliphatic rings. The third-order valence-corrected chi connectivity index (χ3v) is 3.73. The van der Waals surface area contributed by atoms with Gasteiger partial charge in [-0.15, -0.1) is 11.3 Å². The lowest BCUT2D eigenvalue weighted by atomic mass is 10.1. The van der Waals surface area contributed by atoms with Gasteiger partial charge in [0.25, 0.3) is 0 Å². The number of nitrogens with two attached hydrogens (primary N) is 1. The van der Waals surface area contributed by atoms with Gasteiger partial charge in [-0.25, -0.2) is 4.98 Å². The van der Waals surface area contributed by atoms with Crippen LogP contribution in [0.25, 0.3) is 10.6 Å². The predicted octanol–water partition coefficient (Wildman–Crippen LogP) is 2.89. The lowest BCUT2D eigenvalue weighted by Gasteiger charge is -2.09. The highest BCUT2D eigenvalue weighted by molar-refractivity contribution is 7.13. The summed E-state index contributed by atoms with van der Waals surface area (Å²) in [5, 5.41) is 2.95. The van der Waals surface area contributed by atoms with Gasteiger partial charge in [-0.2, -0.15) is 0 Å². The predicted molar refractivity (Wildman–Crippen MR) is 71.5 cm³/mol. The van der Waals surface area contributed by atoms with Gasteiger partial charge < -0.3 is 10.5 Å². The molecule has 3 nitrogen and oxygen atoms in total. The molecule has 1 aromatic carbocycles. The van der Waals surface area contributed by atoms with E-state index in [1.54, 1.807) is 18.4 Å². The van der Waals surface area contributed by atoms with E-state index in [0.717, 1.165) is 22.0 Å². The molecule has 0 fully saturated rings. The molecule has 2 N–H and O–H groups in total. The van der Waals surface area contributed by atoms with E-state index in [4.69, 9.17) is 10.5 Å². The number of aromatic nitrogens is 1.